The van der Waals surface area contributed by atoms with Crippen LogP contribution in [0.25, 0.3) is 0 Å². The van der Waals surface area contributed by atoms with E-state index >= 15 is 0 Å². The molecule has 0 spiro atoms. The average Bonchev–Trinajstić information content (AvgIpc) is 2.53. The second-order valence-electron chi connectivity index (χ2n) is 4.81. The monoisotopic (exact) mass is 366 g/mol. The van der Waals surface area contributed by atoms with Crippen LogP contribution in [0.15, 0.2) is 24.3 Å². The molecule has 0 unspecified atom stereocenters. The van der Waals surface area contributed by atoms with Gasteiger partial charge < -0.3 is 0 Å². The van der Waals surface area contributed by atoms with Crippen LogP contribution in [0, 0.1) is 20.2 Å². The Morgan fingerprint density at radius 1 is 0.833 bits per heavy atom. The normalized spacial score (nSPS) is 12.6. The third-order valence-corrected chi connectivity index (χ3v) is 4.35. The van der Waals surface area contributed by atoms with Gasteiger partial charge >= 0.3 is 0 Å². The van der Waals surface area contributed by atoms with E-state index in [1.807, 2.05) is 0 Å². The summed E-state index contributed by atoms with van der Waals surface area (Å²) < 4.78 is 0. The maximum Gasteiger partial charge on any atom is 0.282 e. The summed E-state index contributed by atoms with van der Waals surface area (Å²) in [6.07, 6.45) is 0. The van der Waals surface area contributed by atoms with Crippen LogP contribution in [-0.4, -0.2) is 21.4 Å². The third kappa shape index (κ3) is 2.08. The van der Waals surface area contributed by atoms with Crippen LogP contribution in [0.5, 0.6) is 0 Å². The van der Waals surface area contributed by atoms with Crippen LogP contribution in [0.3, 0.4) is 0 Å². The second-order valence-corrected chi connectivity index (χ2v) is 5.60. The van der Waals surface area contributed by atoms with Crippen molar-refractivity contribution < 1.29 is 19.4 Å². The fraction of sp³-hybridized carbons (Fsp3) is 0. The van der Waals surface area contributed by atoms with Crippen LogP contribution >= 0.6 is 23.2 Å². The summed E-state index contributed by atoms with van der Waals surface area (Å²) in [5.41, 5.74) is -3.12. The molecule has 0 fully saturated rings. The maximum absolute atomic E-state index is 12.7. The number of nitrogens with zero attached hydrogens (tertiary/aromatic N) is 2. The van der Waals surface area contributed by atoms with Gasteiger partial charge in [0.1, 0.15) is 11.1 Å². The lowest BCUT2D eigenvalue weighted by atomic mass is 9.82. The molecule has 0 saturated carbocycles. The summed E-state index contributed by atoms with van der Waals surface area (Å²) >= 11 is 11.8. The molecule has 0 aromatic heterocycles. The van der Waals surface area contributed by atoms with Gasteiger partial charge in [-0.15, -0.1) is 0 Å². The van der Waals surface area contributed by atoms with Crippen molar-refractivity contribution in [3.63, 3.8) is 0 Å². The van der Waals surface area contributed by atoms with Gasteiger partial charge in [0.2, 0.25) is 5.78 Å². The fourth-order valence-electron chi connectivity index (χ4n) is 2.58. The highest BCUT2D eigenvalue weighted by atomic mass is 35.5. The predicted molar refractivity (Wildman–Crippen MR) is 83.1 cm³/mol. The Balaban J connectivity index is 2.47. The SMILES string of the molecule is O=C1c2c(cccc2[N+](=O)[O-])C(=O)c2c(Cl)c(Cl)cc([N+](=O)[O-])c21. The molecule has 120 valence electrons. The van der Waals surface area contributed by atoms with E-state index in [9.17, 15) is 29.8 Å². The zero-order valence-electron chi connectivity index (χ0n) is 11.4. The molecule has 0 N–H and O–H groups in total. The Morgan fingerprint density at radius 3 is 2.04 bits per heavy atom. The molecule has 0 bridgehead atoms. The standard InChI is InChI=1S/C14H4Cl2N2O6/c15-6-4-8(18(23)24)10-11(12(6)16)13(19)5-2-1-3-7(17(21)22)9(5)14(10)20/h1-4H. The molecule has 1 aliphatic carbocycles. The van der Waals surface area contributed by atoms with Crippen molar-refractivity contribution in [1.29, 1.82) is 0 Å². The first-order valence-electron chi connectivity index (χ1n) is 6.29. The first-order chi connectivity index (χ1) is 11.3. The van der Waals surface area contributed by atoms with Gasteiger partial charge in [0.25, 0.3) is 11.4 Å². The average molecular weight is 367 g/mol. The molecule has 1 aliphatic rings. The number of nitro groups is 2. The number of halogens is 2. The van der Waals surface area contributed by atoms with E-state index in [1.54, 1.807) is 0 Å². The van der Waals surface area contributed by atoms with E-state index < -0.39 is 49.5 Å². The Hall–Kier alpha value is -2.84. The van der Waals surface area contributed by atoms with Crippen molar-refractivity contribution in [3.8, 4) is 0 Å². The van der Waals surface area contributed by atoms with Gasteiger partial charge in [0.15, 0.2) is 5.78 Å². The van der Waals surface area contributed by atoms with Gasteiger partial charge in [-0.05, 0) is 6.07 Å². The highest BCUT2D eigenvalue weighted by Crippen LogP contribution is 2.42. The van der Waals surface area contributed by atoms with Crippen molar-refractivity contribution in [2.24, 2.45) is 0 Å². The van der Waals surface area contributed by atoms with E-state index in [4.69, 9.17) is 23.2 Å². The number of hydrogen-bond acceptors (Lipinski definition) is 6. The number of ketones is 2. The van der Waals surface area contributed by atoms with Crippen molar-refractivity contribution >= 4 is 46.1 Å². The quantitative estimate of drug-likeness (QED) is 0.504. The van der Waals surface area contributed by atoms with E-state index in [-0.39, 0.29) is 15.6 Å². The lowest BCUT2D eigenvalue weighted by Gasteiger charge is -2.18. The smallest absolute Gasteiger partial charge is 0.282 e. The van der Waals surface area contributed by atoms with Gasteiger partial charge in [-0.1, -0.05) is 29.3 Å². The van der Waals surface area contributed by atoms with E-state index in [0.29, 0.717) is 0 Å². The second kappa shape index (κ2) is 5.36. The number of rotatable bonds is 2. The molecule has 10 heteroatoms. The van der Waals surface area contributed by atoms with Gasteiger partial charge in [-0.25, -0.2) is 0 Å². The number of hydrogen-bond donors (Lipinski definition) is 0. The molecule has 2 aromatic rings. The van der Waals surface area contributed by atoms with Crippen LogP contribution in [0.4, 0.5) is 11.4 Å². The first kappa shape index (κ1) is 16.0. The molecule has 0 amide bonds. The van der Waals surface area contributed by atoms with E-state index in [1.165, 1.54) is 12.1 Å². The minimum atomic E-state index is -1.02. The Morgan fingerprint density at radius 2 is 1.46 bits per heavy atom. The number of carbonyl (C=O) groups is 2. The van der Waals surface area contributed by atoms with Crippen LogP contribution < -0.4 is 0 Å². The Labute approximate surface area is 142 Å². The molecule has 0 heterocycles. The molecule has 3 rings (SSSR count). The zero-order chi connectivity index (χ0) is 17.8. The summed E-state index contributed by atoms with van der Waals surface area (Å²) in [5, 5.41) is 21.8. The number of carbonyl (C=O) groups excluding carboxylic acids is 2. The zero-order valence-corrected chi connectivity index (χ0v) is 12.9. The van der Waals surface area contributed by atoms with E-state index in [0.717, 1.165) is 12.1 Å². The van der Waals surface area contributed by atoms with Crippen molar-refractivity contribution in [2.75, 3.05) is 0 Å². The first-order valence-corrected chi connectivity index (χ1v) is 7.04. The van der Waals surface area contributed by atoms with Crippen LogP contribution in [0.1, 0.15) is 31.8 Å². The molecule has 0 radical (unpaired) electrons. The molecular weight excluding hydrogens is 363 g/mol. The van der Waals surface area contributed by atoms with Crippen molar-refractivity contribution in [1.82, 2.24) is 0 Å². The lowest BCUT2D eigenvalue weighted by molar-refractivity contribution is -0.385. The number of nitro benzene ring substituents is 2. The summed E-state index contributed by atoms with van der Waals surface area (Å²) in [7, 11) is 0. The molecule has 8 nitrogen and oxygen atoms in total. The molecule has 0 saturated heterocycles. The van der Waals surface area contributed by atoms with Crippen LogP contribution in [-0.2, 0) is 0 Å². The highest BCUT2D eigenvalue weighted by Gasteiger charge is 2.41. The highest BCUT2D eigenvalue weighted by molar-refractivity contribution is 6.47. The molecule has 2 aromatic carbocycles. The summed E-state index contributed by atoms with van der Waals surface area (Å²) in [6, 6.07) is 4.33. The van der Waals surface area contributed by atoms with Gasteiger partial charge in [0, 0.05) is 17.7 Å². The summed E-state index contributed by atoms with van der Waals surface area (Å²) in [4.78, 5) is 46.0. The molecule has 24 heavy (non-hydrogen) atoms. The van der Waals surface area contributed by atoms with Crippen molar-refractivity contribution in [3.05, 3.63) is 76.8 Å². The Bertz CT molecular complexity index is 986. The van der Waals surface area contributed by atoms with Gasteiger partial charge in [-0.3, -0.25) is 29.8 Å². The summed E-state index contributed by atoms with van der Waals surface area (Å²) in [6.45, 7) is 0. The predicted octanol–water partition coefficient (Wildman–Crippen LogP) is 3.59. The number of benzene rings is 2. The topological polar surface area (TPSA) is 120 Å². The lowest BCUT2D eigenvalue weighted by Crippen LogP contribution is -2.24. The van der Waals surface area contributed by atoms with Gasteiger partial charge in [-0.2, -0.15) is 0 Å². The number of fused-ring (bicyclic) bond motifs is 2. The Kier molecular flexibility index (Phi) is 3.58. The molecular formula is C14H4Cl2N2O6. The molecule has 0 atom stereocenters. The largest absolute Gasteiger partial charge is 0.288 e. The van der Waals surface area contributed by atoms with E-state index in [2.05, 4.69) is 0 Å². The molecule has 0 aliphatic heterocycles. The van der Waals surface area contributed by atoms with Crippen LogP contribution in [0.2, 0.25) is 10.0 Å². The van der Waals surface area contributed by atoms with Crippen molar-refractivity contribution in [2.45, 2.75) is 0 Å². The third-order valence-electron chi connectivity index (χ3n) is 3.56. The minimum absolute atomic E-state index is 0.250. The fourth-order valence-corrected chi connectivity index (χ4v) is 3.01. The maximum atomic E-state index is 12.7. The minimum Gasteiger partial charge on any atom is -0.288 e. The van der Waals surface area contributed by atoms with Gasteiger partial charge in [0.05, 0.1) is 25.5 Å². The summed E-state index contributed by atoms with van der Waals surface area (Å²) in [5.74, 6) is -1.85.